The molecule has 10 heteroatoms. The van der Waals surface area contributed by atoms with Crippen LogP contribution < -0.4 is 5.32 Å². The standard InChI is InChI=1S/C18H19N5O5/c24-8-13(9-25)23(18(27)28)7-12-6-19-15-14(12)20-10-21-16(15)22-17(26)11-4-2-1-3-5-11/h1-6,10,13,19,24-25H,7-9H2,(H,27,28)(H,20,21,22,26). The molecule has 0 aliphatic carbocycles. The van der Waals surface area contributed by atoms with Gasteiger partial charge in [0.2, 0.25) is 0 Å². The minimum atomic E-state index is -1.28. The molecule has 0 unspecified atom stereocenters. The Balaban J connectivity index is 1.88. The van der Waals surface area contributed by atoms with Crippen molar-refractivity contribution in [2.45, 2.75) is 12.6 Å². The highest BCUT2D eigenvalue weighted by Crippen LogP contribution is 2.23. The van der Waals surface area contributed by atoms with Crippen molar-refractivity contribution in [3.8, 4) is 0 Å². The van der Waals surface area contributed by atoms with Crippen LogP contribution in [0.5, 0.6) is 0 Å². The van der Waals surface area contributed by atoms with Crippen molar-refractivity contribution in [2.24, 2.45) is 0 Å². The first-order chi connectivity index (χ1) is 13.5. The number of aromatic nitrogens is 3. The Bertz CT molecular complexity index is 971. The molecule has 0 fully saturated rings. The lowest BCUT2D eigenvalue weighted by atomic mass is 10.2. The fraction of sp³-hybridized carbons (Fsp3) is 0.222. The Morgan fingerprint density at radius 2 is 1.86 bits per heavy atom. The van der Waals surface area contributed by atoms with Gasteiger partial charge < -0.3 is 25.6 Å². The molecule has 0 saturated carbocycles. The number of carboxylic acid groups (broad SMARTS) is 1. The summed E-state index contributed by atoms with van der Waals surface area (Å²) in [6.45, 7) is -1.14. The van der Waals surface area contributed by atoms with Crippen LogP contribution in [0.4, 0.5) is 10.6 Å². The molecule has 2 heterocycles. The number of hydrogen-bond acceptors (Lipinski definition) is 6. The first-order valence-electron chi connectivity index (χ1n) is 8.43. The van der Waals surface area contributed by atoms with E-state index in [0.29, 0.717) is 22.2 Å². The molecule has 3 rings (SSSR count). The molecule has 28 heavy (non-hydrogen) atoms. The number of nitrogens with zero attached hydrogens (tertiary/aromatic N) is 3. The molecule has 0 spiro atoms. The van der Waals surface area contributed by atoms with Gasteiger partial charge in [0, 0.05) is 17.3 Å². The fourth-order valence-corrected chi connectivity index (χ4v) is 2.77. The van der Waals surface area contributed by atoms with Gasteiger partial charge in [0.05, 0.1) is 31.3 Å². The Kier molecular flexibility index (Phi) is 5.82. The highest BCUT2D eigenvalue weighted by Gasteiger charge is 2.24. The van der Waals surface area contributed by atoms with Gasteiger partial charge >= 0.3 is 6.09 Å². The topological polar surface area (TPSA) is 152 Å². The van der Waals surface area contributed by atoms with Crippen LogP contribution >= 0.6 is 0 Å². The third-order valence-electron chi connectivity index (χ3n) is 4.26. The molecule has 3 aromatic rings. The Hall–Kier alpha value is -3.50. The number of carbonyl (C=O) groups excluding carboxylic acids is 1. The quantitative estimate of drug-likeness (QED) is 0.407. The molecule has 0 atom stereocenters. The maximum atomic E-state index is 12.4. The van der Waals surface area contributed by atoms with Gasteiger partial charge in [-0.15, -0.1) is 0 Å². The fourth-order valence-electron chi connectivity index (χ4n) is 2.77. The summed E-state index contributed by atoms with van der Waals surface area (Å²) in [6.07, 6.45) is 1.54. The van der Waals surface area contributed by atoms with Crippen LogP contribution in [0.25, 0.3) is 11.0 Å². The van der Waals surface area contributed by atoms with E-state index in [1.807, 2.05) is 0 Å². The van der Waals surface area contributed by atoms with Crippen LogP contribution in [0.1, 0.15) is 15.9 Å². The number of anilines is 1. The van der Waals surface area contributed by atoms with Crippen molar-refractivity contribution in [3.63, 3.8) is 0 Å². The summed E-state index contributed by atoms with van der Waals surface area (Å²) in [4.78, 5) is 36.0. The van der Waals surface area contributed by atoms with Crippen LogP contribution in [-0.2, 0) is 6.54 Å². The predicted octanol–water partition coefficient (Wildman–Crippen LogP) is 1.04. The highest BCUT2D eigenvalue weighted by atomic mass is 16.4. The van der Waals surface area contributed by atoms with Gasteiger partial charge in [-0.05, 0) is 12.1 Å². The first kappa shape index (κ1) is 19.3. The highest BCUT2D eigenvalue weighted by molar-refractivity contribution is 6.07. The molecule has 1 aromatic carbocycles. The number of H-pyrrole nitrogens is 1. The second-order valence-corrected chi connectivity index (χ2v) is 6.01. The lowest BCUT2D eigenvalue weighted by Crippen LogP contribution is -2.43. The number of rotatable bonds is 7. The van der Waals surface area contributed by atoms with Gasteiger partial charge in [0.25, 0.3) is 5.91 Å². The monoisotopic (exact) mass is 385 g/mol. The van der Waals surface area contributed by atoms with E-state index in [0.717, 1.165) is 4.90 Å². The molecule has 0 bridgehead atoms. The molecule has 2 amide bonds. The summed E-state index contributed by atoms with van der Waals surface area (Å²) in [5.74, 6) is -0.0858. The summed E-state index contributed by atoms with van der Waals surface area (Å²) in [5.41, 5.74) is 1.85. The van der Waals surface area contributed by atoms with E-state index < -0.39 is 25.3 Å². The molecular formula is C18H19N5O5. The second-order valence-electron chi connectivity index (χ2n) is 6.01. The number of benzene rings is 1. The van der Waals surface area contributed by atoms with Crippen molar-refractivity contribution in [2.75, 3.05) is 18.5 Å². The predicted molar refractivity (Wildman–Crippen MR) is 99.8 cm³/mol. The van der Waals surface area contributed by atoms with Crippen LogP contribution in [0.15, 0.2) is 42.9 Å². The van der Waals surface area contributed by atoms with Gasteiger partial charge in [-0.2, -0.15) is 0 Å². The zero-order valence-electron chi connectivity index (χ0n) is 14.7. The number of aliphatic hydroxyl groups is 2. The number of nitrogens with one attached hydrogen (secondary N) is 2. The van der Waals surface area contributed by atoms with Crippen molar-refractivity contribution in [1.82, 2.24) is 19.9 Å². The van der Waals surface area contributed by atoms with E-state index in [-0.39, 0.29) is 18.3 Å². The van der Waals surface area contributed by atoms with E-state index in [1.54, 1.807) is 36.5 Å². The van der Waals surface area contributed by atoms with Crippen LogP contribution in [-0.4, -0.2) is 66.4 Å². The van der Waals surface area contributed by atoms with E-state index in [2.05, 4.69) is 20.3 Å². The minimum absolute atomic E-state index is 0.107. The van der Waals surface area contributed by atoms with E-state index in [1.165, 1.54) is 6.33 Å². The Morgan fingerprint density at radius 3 is 2.50 bits per heavy atom. The Morgan fingerprint density at radius 1 is 1.14 bits per heavy atom. The van der Waals surface area contributed by atoms with Gasteiger partial charge in [-0.25, -0.2) is 14.8 Å². The molecule has 0 saturated heterocycles. The molecular weight excluding hydrogens is 366 g/mol. The van der Waals surface area contributed by atoms with E-state index in [4.69, 9.17) is 0 Å². The molecule has 0 aliphatic rings. The minimum Gasteiger partial charge on any atom is -0.465 e. The number of hydrogen-bond donors (Lipinski definition) is 5. The number of aromatic amines is 1. The molecule has 5 N–H and O–H groups in total. The zero-order chi connectivity index (χ0) is 20.1. The van der Waals surface area contributed by atoms with Gasteiger partial charge in [0.15, 0.2) is 5.82 Å². The Labute approximate surface area is 159 Å². The van der Waals surface area contributed by atoms with Crippen molar-refractivity contribution in [1.29, 1.82) is 0 Å². The van der Waals surface area contributed by atoms with Crippen molar-refractivity contribution < 1.29 is 24.9 Å². The normalized spacial score (nSPS) is 11.0. The average Bonchev–Trinajstić information content (AvgIpc) is 3.12. The maximum Gasteiger partial charge on any atom is 0.408 e. The van der Waals surface area contributed by atoms with E-state index in [9.17, 15) is 24.9 Å². The van der Waals surface area contributed by atoms with Crippen molar-refractivity contribution in [3.05, 3.63) is 54.0 Å². The van der Waals surface area contributed by atoms with Crippen molar-refractivity contribution >= 4 is 28.9 Å². The lowest BCUT2D eigenvalue weighted by molar-refractivity contribution is 0.0634. The largest absolute Gasteiger partial charge is 0.465 e. The first-order valence-corrected chi connectivity index (χ1v) is 8.43. The third kappa shape index (κ3) is 3.92. The summed E-state index contributed by atoms with van der Waals surface area (Å²) < 4.78 is 0. The molecule has 10 nitrogen and oxygen atoms in total. The van der Waals surface area contributed by atoms with Crippen LogP contribution in [0.3, 0.4) is 0 Å². The number of amides is 2. The maximum absolute atomic E-state index is 12.4. The number of fused-ring (bicyclic) bond motifs is 1. The second kappa shape index (κ2) is 8.46. The number of aliphatic hydroxyl groups excluding tert-OH is 2. The molecule has 0 aliphatic heterocycles. The molecule has 2 aromatic heterocycles. The summed E-state index contributed by atoms with van der Waals surface area (Å²) in [6, 6.07) is 7.68. The van der Waals surface area contributed by atoms with Gasteiger partial charge in [-0.1, -0.05) is 18.2 Å². The smallest absolute Gasteiger partial charge is 0.408 e. The van der Waals surface area contributed by atoms with E-state index >= 15 is 0 Å². The number of carbonyl (C=O) groups is 2. The van der Waals surface area contributed by atoms with Crippen LogP contribution in [0.2, 0.25) is 0 Å². The SMILES string of the molecule is O=C(Nc1ncnc2c(CN(C(=O)O)C(CO)CO)c[nH]c12)c1ccccc1. The summed E-state index contributed by atoms with van der Waals surface area (Å²) in [7, 11) is 0. The van der Waals surface area contributed by atoms with Crippen LogP contribution in [0, 0.1) is 0 Å². The average molecular weight is 385 g/mol. The molecule has 0 radical (unpaired) electrons. The lowest BCUT2D eigenvalue weighted by Gasteiger charge is -2.26. The molecule has 146 valence electrons. The summed E-state index contributed by atoms with van der Waals surface area (Å²) >= 11 is 0. The third-order valence-corrected chi connectivity index (χ3v) is 4.26. The summed E-state index contributed by atoms with van der Waals surface area (Å²) in [5, 5.41) is 30.7. The van der Waals surface area contributed by atoms with Gasteiger partial charge in [-0.3, -0.25) is 9.69 Å². The zero-order valence-corrected chi connectivity index (χ0v) is 14.7. The van der Waals surface area contributed by atoms with Gasteiger partial charge in [0.1, 0.15) is 11.8 Å².